The Morgan fingerprint density at radius 3 is 2.57 bits per heavy atom. The first-order valence-electron chi connectivity index (χ1n) is 11.8. The van der Waals surface area contributed by atoms with Gasteiger partial charge in [-0.05, 0) is 50.7 Å². The number of phosphoric ester groups is 1. The van der Waals surface area contributed by atoms with E-state index in [1.165, 1.54) is 6.08 Å². The fraction of sp³-hybridized carbons (Fsp3) is 0.417. The molecule has 0 spiro atoms. The van der Waals surface area contributed by atoms with Crippen molar-refractivity contribution >= 4 is 37.4 Å². The summed E-state index contributed by atoms with van der Waals surface area (Å²) < 4.78 is 21.3. The maximum Gasteiger partial charge on any atom is 0.524 e. The molecule has 1 amide bonds. The van der Waals surface area contributed by atoms with E-state index in [1.807, 2.05) is 18.2 Å². The number of fused-ring (bicyclic) bond motifs is 1. The lowest BCUT2D eigenvalue weighted by Crippen LogP contribution is -2.39. The number of phenolic OH excluding ortho intramolecular Hbond substituents is 1. The summed E-state index contributed by atoms with van der Waals surface area (Å²) in [5, 5.41) is 10.2. The summed E-state index contributed by atoms with van der Waals surface area (Å²) in [6, 6.07) is 0.828. The van der Waals surface area contributed by atoms with Gasteiger partial charge in [-0.2, -0.15) is 0 Å². The second-order valence-electron chi connectivity index (χ2n) is 8.39. The van der Waals surface area contributed by atoms with Crippen molar-refractivity contribution in [3.63, 3.8) is 0 Å². The summed E-state index contributed by atoms with van der Waals surface area (Å²) in [6.07, 6.45) is 13.4. The largest absolute Gasteiger partial charge is 0.524 e. The third-order valence-corrected chi connectivity index (χ3v) is 6.37. The molecule has 1 aromatic carbocycles. The minimum Gasteiger partial charge on any atom is -0.507 e. The molecule has 2 aliphatic rings. The second-order valence-corrected chi connectivity index (χ2v) is 9.93. The smallest absolute Gasteiger partial charge is 0.507 e. The Hall–Kier alpha value is -2.82. The number of halogens is 1. The number of piperidine rings is 1. The molecule has 0 bridgehead atoms. The molecule has 4 N–H and O–H groups in total. The molecule has 1 saturated heterocycles. The highest BCUT2D eigenvalue weighted by molar-refractivity contribution is 7.46. The van der Waals surface area contributed by atoms with E-state index in [1.54, 1.807) is 11.0 Å². The van der Waals surface area contributed by atoms with Gasteiger partial charge in [0.1, 0.15) is 11.3 Å². The van der Waals surface area contributed by atoms with Gasteiger partial charge in [-0.3, -0.25) is 24.9 Å². The Kier molecular flexibility index (Phi) is 10.6. The van der Waals surface area contributed by atoms with Crippen molar-refractivity contribution in [3.8, 4) is 11.5 Å². The first kappa shape index (κ1) is 28.7. The van der Waals surface area contributed by atoms with Crippen LogP contribution < -0.4 is 10.0 Å². The number of benzene rings is 1. The van der Waals surface area contributed by atoms with Gasteiger partial charge in [-0.15, -0.1) is 0 Å². The Morgan fingerprint density at radius 1 is 1.14 bits per heavy atom. The van der Waals surface area contributed by atoms with Gasteiger partial charge in [0.05, 0.1) is 17.3 Å². The number of nitrogens with one attached hydrogen (secondary N) is 1. The Bertz CT molecular complexity index is 1120. The van der Waals surface area contributed by atoms with Gasteiger partial charge in [0.15, 0.2) is 12.4 Å². The van der Waals surface area contributed by atoms with Crippen LogP contribution in [0.2, 0.25) is 5.02 Å². The van der Waals surface area contributed by atoms with Crippen LogP contribution in [0.15, 0.2) is 36.1 Å². The molecule has 2 aliphatic heterocycles. The topological polar surface area (TPSA) is 155 Å². The van der Waals surface area contributed by atoms with E-state index >= 15 is 0 Å². The van der Waals surface area contributed by atoms with E-state index in [9.17, 15) is 29.0 Å². The van der Waals surface area contributed by atoms with E-state index in [0.29, 0.717) is 25.9 Å². The lowest BCUT2D eigenvalue weighted by Gasteiger charge is -2.26. The number of esters is 1. The number of carbonyl (C=O) groups is 2. The number of nitrogens with zero attached hydrogens (tertiary/aromatic N) is 1. The summed E-state index contributed by atoms with van der Waals surface area (Å²) in [5.74, 6) is -2.27. The van der Waals surface area contributed by atoms with Crippen LogP contribution in [0.3, 0.4) is 0 Å². The highest BCUT2D eigenvalue weighted by Gasteiger charge is 2.27. The highest BCUT2D eigenvalue weighted by Crippen LogP contribution is 2.45. The molecule has 11 nitrogen and oxygen atoms in total. The first-order valence-corrected chi connectivity index (χ1v) is 13.7. The molecule has 0 saturated carbocycles. The number of cyclic esters (lactones) is 1. The number of allylic oxidation sites excluding steroid dienone is 3. The van der Waals surface area contributed by atoms with Crippen molar-refractivity contribution in [1.29, 1.82) is 0 Å². The second kappa shape index (κ2) is 13.6. The average molecular weight is 557 g/mol. The van der Waals surface area contributed by atoms with Crippen LogP contribution in [0.25, 0.3) is 6.08 Å². The molecule has 0 aromatic heterocycles. The van der Waals surface area contributed by atoms with Gasteiger partial charge >= 0.3 is 13.8 Å². The fourth-order valence-electron chi connectivity index (χ4n) is 3.80. The minimum absolute atomic E-state index is 0.0406. The maximum atomic E-state index is 12.8. The number of hydrogen-bond acceptors (Lipinski definition) is 8. The Morgan fingerprint density at radius 2 is 1.84 bits per heavy atom. The molecule has 202 valence electrons. The molecule has 0 aliphatic carbocycles. The normalized spacial score (nSPS) is 19.6. The molecule has 0 atom stereocenters. The lowest BCUT2D eigenvalue weighted by molar-refractivity contribution is -0.139. The predicted molar refractivity (Wildman–Crippen MR) is 136 cm³/mol. The summed E-state index contributed by atoms with van der Waals surface area (Å²) in [5.41, 5.74) is 2.45. The third kappa shape index (κ3) is 8.91. The standard InChI is InChI=1S/C24H30ClN2O9P/c25-23-18-14-17(26-35-16-21(29)27-11-7-5-8-12-27)10-6-3-1-2-4-9-13-34-24(30)22(18)19(28)15-20(23)36-37(31,32)33/h2,4,6,10,14-15,26,28H,1,3,5,7-9,11-13,16H2,(H2,31,32,33)/b4-2?,10-6+,17-14-. The highest BCUT2D eigenvalue weighted by atomic mass is 35.5. The predicted octanol–water partition coefficient (Wildman–Crippen LogP) is 3.84. The third-order valence-electron chi connectivity index (χ3n) is 5.54. The van der Waals surface area contributed by atoms with Gasteiger partial charge in [0.2, 0.25) is 0 Å². The number of carbonyl (C=O) groups excluding carboxylic acids is 2. The molecule has 13 heteroatoms. The lowest BCUT2D eigenvalue weighted by atomic mass is 10.0. The number of amides is 1. The van der Waals surface area contributed by atoms with Crippen LogP contribution in [-0.4, -0.2) is 58.0 Å². The zero-order valence-corrected chi connectivity index (χ0v) is 21.7. The van der Waals surface area contributed by atoms with Crippen molar-refractivity contribution in [3.05, 3.63) is 52.2 Å². The molecular weight excluding hydrogens is 527 g/mol. The number of rotatable bonds is 6. The van der Waals surface area contributed by atoms with E-state index < -0.39 is 25.3 Å². The quantitative estimate of drug-likeness (QED) is 0.176. The number of ether oxygens (including phenoxy) is 1. The molecule has 1 aromatic rings. The number of phenols is 1. The molecular formula is C24H30ClN2O9P. The summed E-state index contributed by atoms with van der Waals surface area (Å²) in [4.78, 5) is 50.9. The van der Waals surface area contributed by atoms with Crippen LogP contribution in [0, 0.1) is 0 Å². The van der Waals surface area contributed by atoms with Crippen molar-refractivity contribution in [1.82, 2.24) is 10.4 Å². The van der Waals surface area contributed by atoms with Crippen molar-refractivity contribution in [2.24, 2.45) is 0 Å². The average Bonchev–Trinajstić information content (AvgIpc) is 2.84. The van der Waals surface area contributed by atoms with Crippen LogP contribution in [0.1, 0.15) is 54.4 Å². The Labute approximate surface area is 219 Å². The molecule has 3 rings (SSSR count). The molecule has 2 heterocycles. The summed E-state index contributed by atoms with van der Waals surface area (Å²) >= 11 is 6.38. The van der Waals surface area contributed by atoms with Crippen molar-refractivity contribution < 1.29 is 43.1 Å². The molecule has 1 fully saturated rings. The van der Waals surface area contributed by atoms with E-state index in [4.69, 9.17) is 21.2 Å². The van der Waals surface area contributed by atoms with Crippen LogP contribution in [0.4, 0.5) is 0 Å². The fourth-order valence-corrected chi connectivity index (χ4v) is 4.49. The monoisotopic (exact) mass is 556 g/mol. The summed E-state index contributed by atoms with van der Waals surface area (Å²) in [6.45, 7) is 1.14. The number of likely N-dealkylation sites (tertiary alicyclic amines) is 1. The van der Waals surface area contributed by atoms with E-state index in [2.05, 4.69) is 10.0 Å². The van der Waals surface area contributed by atoms with Gasteiger partial charge in [0, 0.05) is 24.7 Å². The van der Waals surface area contributed by atoms with Crippen LogP contribution >= 0.6 is 19.4 Å². The molecule has 37 heavy (non-hydrogen) atoms. The number of hydrogen-bond donors (Lipinski definition) is 4. The number of hydroxylamine groups is 1. The SMILES string of the molecule is O=C1OCCC=CCC/C=C/C(NOCC(=O)N2CCCCC2)=C/c2c(Cl)c(OP(=O)(O)O)cc(O)c21. The van der Waals surface area contributed by atoms with Crippen LogP contribution in [0.5, 0.6) is 11.5 Å². The van der Waals surface area contributed by atoms with E-state index in [0.717, 1.165) is 31.7 Å². The van der Waals surface area contributed by atoms with Crippen molar-refractivity contribution in [2.45, 2.75) is 38.5 Å². The first-order chi connectivity index (χ1) is 17.7. The minimum atomic E-state index is -5.04. The molecule has 0 radical (unpaired) electrons. The number of aromatic hydroxyl groups is 1. The van der Waals surface area contributed by atoms with Crippen molar-refractivity contribution in [2.75, 3.05) is 26.3 Å². The van der Waals surface area contributed by atoms with Gasteiger partial charge < -0.3 is 19.3 Å². The Balaban J connectivity index is 1.96. The molecule has 0 unspecified atom stereocenters. The van der Waals surface area contributed by atoms with Gasteiger partial charge in [-0.1, -0.05) is 29.8 Å². The number of phosphoric acid groups is 1. The van der Waals surface area contributed by atoms with Gasteiger partial charge in [0.25, 0.3) is 5.91 Å². The van der Waals surface area contributed by atoms with E-state index in [-0.39, 0.29) is 41.0 Å². The van der Waals surface area contributed by atoms with Gasteiger partial charge in [-0.25, -0.2) is 9.36 Å². The summed E-state index contributed by atoms with van der Waals surface area (Å²) in [7, 11) is -5.04. The zero-order valence-electron chi connectivity index (χ0n) is 20.1. The zero-order chi connectivity index (χ0) is 26.8. The van der Waals surface area contributed by atoms with Crippen LogP contribution in [-0.2, 0) is 18.9 Å². The maximum absolute atomic E-state index is 12.8.